The van der Waals surface area contributed by atoms with Gasteiger partial charge in [0.25, 0.3) is 0 Å². The molecule has 2 saturated heterocycles. The number of aryl methyl sites for hydroxylation is 1. The van der Waals surface area contributed by atoms with Crippen LogP contribution in [0.4, 0.5) is 0 Å². The van der Waals surface area contributed by atoms with E-state index in [2.05, 4.69) is 51.5 Å². The average Bonchev–Trinajstić information content (AvgIpc) is 3.35. The molecule has 3 heterocycles. The summed E-state index contributed by atoms with van der Waals surface area (Å²) in [5.41, 5.74) is 3.83. The molecule has 2 unspecified atom stereocenters. The summed E-state index contributed by atoms with van der Waals surface area (Å²) < 4.78 is 11.8. The summed E-state index contributed by atoms with van der Waals surface area (Å²) in [5.74, 6) is 0.956. The molecule has 2 aliphatic rings. The number of H-pyrrole nitrogens is 1. The van der Waals surface area contributed by atoms with Crippen LogP contribution in [0, 0.1) is 6.92 Å². The van der Waals surface area contributed by atoms with Crippen molar-refractivity contribution in [1.29, 1.82) is 0 Å². The van der Waals surface area contributed by atoms with E-state index in [-0.39, 0.29) is 36.2 Å². The molecule has 0 spiro atoms. The molecule has 2 N–H and O–H groups in total. The summed E-state index contributed by atoms with van der Waals surface area (Å²) in [7, 11) is 1.85. The Morgan fingerprint density at radius 3 is 2.93 bits per heavy atom. The van der Waals surface area contributed by atoms with Crippen LogP contribution in [0.15, 0.2) is 29.4 Å². The normalized spacial score (nSPS) is 23.1. The molecule has 4 rings (SSSR count). The number of hydrogen-bond donors (Lipinski definition) is 2. The highest BCUT2D eigenvalue weighted by molar-refractivity contribution is 14.0. The van der Waals surface area contributed by atoms with E-state index in [0.29, 0.717) is 0 Å². The van der Waals surface area contributed by atoms with Gasteiger partial charge >= 0.3 is 0 Å². The molecular formula is C21H31IN4O2. The van der Waals surface area contributed by atoms with Gasteiger partial charge in [0, 0.05) is 50.4 Å². The molecule has 1 aromatic carbocycles. The fraction of sp³-hybridized carbons (Fsp3) is 0.571. The van der Waals surface area contributed by atoms with Crippen LogP contribution in [0.5, 0.6) is 0 Å². The number of rotatable bonds is 4. The summed E-state index contributed by atoms with van der Waals surface area (Å²) in [4.78, 5) is 10.2. The summed E-state index contributed by atoms with van der Waals surface area (Å²) in [5, 5.41) is 4.84. The molecule has 2 fully saturated rings. The number of aromatic nitrogens is 1. The first kappa shape index (κ1) is 21.4. The second-order valence-corrected chi connectivity index (χ2v) is 7.49. The third-order valence-corrected chi connectivity index (χ3v) is 5.58. The van der Waals surface area contributed by atoms with Crippen molar-refractivity contribution < 1.29 is 9.47 Å². The molecule has 0 aliphatic carbocycles. The molecule has 0 radical (unpaired) electrons. The lowest BCUT2D eigenvalue weighted by atomic mass is 10.1. The van der Waals surface area contributed by atoms with Gasteiger partial charge in [-0.15, -0.1) is 24.0 Å². The SMILES string of the molecule is CN=C(NCCc1c[nH]c2cc(C)ccc12)N1CCOC(C2CCCO2)C1.I. The van der Waals surface area contributed by atoms with Gasteiger partial charge in [-0.1, -0.05) is 12.1 Å². The van der Waals surface area contributed by atoms with E-state index >= 15 is 0 Å². The van der Waals surface area contributed by atoms with E-state index in [1.54, 1.807) is 0 Å². The predicted octanol–water partition coefficient (Wildman–Crippen LogP) is 3.09. The number of aliphatic imine (C=N–C) groups is 1. The standard InChI is InChI=1S/C21H30N4O2.HI/c1-15-5-6-17-16(13-24-18(17)12-15)7-8-23-21(22-2)25-9-11-27-20(14-25)19-4-3-10-26-19;/h5-6,12-13,19-20,24H,3-4,7-11,14H2,1-2H3,(H,22,23);1H. The molecule has 28 heavy (non-hydrogen) atoms. The van der Waals surface area contributed by atoms with Crippen LogP contribution in [-0.4, -0.2) is 67.9 Å². The number of nitrogens with one attached hydrogen (secondary N) is 2. The van der Waals surface area contributed by atoms with Crippen molar-refractivity contribution in [3.63, 3.8) is 0 Å². The van der Waals surface area contributed by atoms with E-state index in [1.165, 1.54) is 22.0 Å². The maximum absolute atomic E-state index is 5.95. The molecule has 0 bridgehead atoms. The molecule has 7 heteroatoms. The Hall–Kier alpha value is -1.32. The lowest BCUT2D eigenvalue weighted by molar-refractivity contribution is -0.0816. The van der Waals surface area contributed by atoms with Gasteiger partial charge in [0.1, 0.15) is 6.10 Å². The average molecular weight is 498 g/mol. The van der Waals surface area contributed by atoms with Gasteiger partial charge in [-0.2, -0.15) is 0 Å². The van der Waals surface area contributed by atoms with Crippen LogP contribution in [0.2, 0.25) is 0 Å². The zero-order valence-electron chi connectivity index (χ0n) is 16.7. The molecule has 0 saturated carbocycles. The number of aromatic amines is 1. The van der Waals surface area contributed by atoms with Crippen LogP contribution in [0.1, 0.15) is 24.0 Å². The Morgan fingerprint density at radius 2 is 2.14 bits per heavy atom. The topological polar surface area (TPSA) is 61.9 Å². The number of fused-ring (bicyclic) bond motifs is 1. The van der Waals surface area contributed by atoms with E-state index in [9.17, 15) is 0 Å². The minimum absolute atomic E-state index is 0. The first-order valence-electron chi connectivity index (χ1n) is 10.00. The van der Waals surface area contributed by atoms with Crippen molar-refractivity contribution in [2.24, 2.45) is 4.99 Å². The number of benzene rings is 1. The second kappa shape index (κ2) is 9.93. The smallest absolute Gasteiger partial charge is 0.193 e. The summed E-state index contributed by atoms with van der Waals surface area (Å²) in [6, 6.07) is 6.58. The molecule has 154 valence electrons. The van der Waals surface area contributed by atoms with Crippen molar-refractivity contribution >= 4 is 40.8 Å². The van der Waals surface area contributed by atoms with Crippen LogP contribution in [-0.2, 0) is 15.9 Å². The Kier molecular flexibility index (Phi) is 7.59. The van der Waals surface area contributed by atoms with Gasteiger partial charge in [-0.3, -0.25) is 4.99 Å². The summed E-state index contributed by atoms with van der Waals surface area (Å²) in [6.45, 7) is 6.29. The Bertz CT molecular complexity index is 801. The van der Waals surface area contributed by atoms with Crippen molar-refractivity contribution in [3.8, 4) is 0 Å². The van der Waals surface area contributed by atoms with Crippen LogP contribution in [0.25, 0.3) is 10.9 Å². The predicted molar refractivity (Wildman–Crippen MR) is 124 cm³/mol. The highest BCUT2D eigenvalue weighted by Gasteiger charge is 2.32. The molecular weight excluding hydrogens is 467 g/mol. The van der Waals surface area contributed by atoms with Crippen molar-refractivity contribution in [2.75, 3.05) is 39.9 Å². The van der Waals surface area contributed by atoms with E-state index in [0.717, 1.165) is 58.1 Å². The fourth-order valence-electron chi connectivity index (χ4n) is 4.14. The van der Waals surface area contributed by atoms with Gasteiger partial charge in [-0.05, 0) is 43.4 Å². The fourth-order valence-corrected chi connectivity index (χ4v) is 4.14. The van der Waals surface area contributed by atoms with Gasteiger partial charge < -0.3 is 24.7 Å². The molecule has 2 aliphatic heterocycles. The summed E-state index contributed by atoms with van der Waals surface area (Å²) >= 11 is 0. The Labute approximate surface area is 184 Å². The van der Waals surface area contributed by atoms with Crippen LogP contribution < -0.4 is 5.32 Å². The Morgan fingerprint density at radius 1 is 1.29 bits per heavy atom. The number of nitrogens with zero attached hydrogens (tertiary/aromatic N) is 2. The first-order chi connectivity index (χ1) is 13.2. The lowest BCUT2D eigenvalue weighted by Gasteiger charge is -2.37. The van der Waals surface area contributed by atoms with Crippen LogP contribution >= 0.6 is 24.0 Å². The summed E-state index contributed by atoms with van der Waals surface area (Å²) in [6.07, 6.45) is 5.71. The minimum Gasteiger partial charge on any atom is -0.375 e. The second-order valence-electron chi connectivity index (χ2n) is 7.49. The monoisotopic (exact) mass is 498 g/mol. The largest absolute Gasteiger partial charge is 0.375 e. The van der Waals surface area contributed by atoms with Crippen molar-refractivity contribution in [1.82, 2.24) is 15.2 Å². The highest BCUT2D eigenvalue weighted by Crippen LogP contribution is 2.21. The Balaban J connectivity index is 0.00000225. The molecule has 0 amide bonds. The van der Waals surface area contributed by atoms with Crippen LogP contribution in [0.3, 0.4) is 0 Å². The molecule has 2 aromatic rings. The van der Waals surface area contributed by atoms with Gasteiger partial charge in [0.2, 0.25) is 0 Å². The maximum atomic E-state index is 5.95. The first-order valence-corrected chi connectivity index (χ1v) is 10.00. The number of hydrogen-bond acceptors (Lipinski definition) is 3. The molecule has 6 nitrogen and oxygen atoms in total. The molecule has 1 aromatic heterocycles. The van der Waals surface area contributed by atoms with Gasteiger partial charge in [0.05, 0.1) is 12.7 Å². The van der Waals surface area contributed by atoms with Crippen molar-refractivity contribution in [3.05, 3.63) is 35.5 Å². The number of guanidine groups is 1. The minimum atomic E-state index is 0. The third kappa shape index (κ3) is 4.80. The van der Waals surface area contributed by atoms with E-state index in [4.69, 9.17) is 9.47 Å². The lowest BCUT2D eigenvalue weighted by Crippen LogP contribution is -2.53. The zero-order chi connectivity index (χ0) is 18.6. The molecule has 2 atom stereocenters. The van der Waals surface area contributed by atoms with Gasteiger partial charge in [0.15, 0.2) is 5.96 Å². The number of ether oxygens (including phenoxy) is 2. The van der Waals surface area contributed by atoms with Crippen molar-refractivity contribution in [2.45, 2.75) is 38.4 Å². The number of morpholine rings is 1. The third-order valence-electron chi connectivity index (χ3n) is 5.58. The highest BCUT2D eigenvalue weighted by atomic mass is 127. The zero-order valence-corrected chi connectivity index (χ0v) is 19.1. The van der Waals surface area contributed by atoms with E-state index < -0.39 is 0 Å². The quantitative estimate of drug-likeness (QED) is 0.387. The number of halogens is 1. The maximum Gasteiger partial charge on any atom is 0.193 e. The van der Waals surface area contributed by atoms with Gasteiger partial charge in [-0.25, -0.2) is 0 Å². The van der Waals surface area contributed by atoms with E-state index in [1.807, 2.05) is 7.05 Å².